The third-order valence-electron chi connectivity index (χ3n) is 19.4. The van der Waals surface area contributed by atoms with Crippen LogP contribution in [0.5, 0.6) is 23.0 Å². The summed E-state index contributed by atoms with van der Waals surface area (Å²) >= 11 is 0. The van der Waals surface area contributed by atoms with Crippen LogP contribution in [-0.4, -0.2) is 24.1 Å². The molecule has 0 aliphatic heterocycles. The summed E-state index contributed by atoms with van der Waals surface area (Å²) in [6, 6.07) is 75.9. The molecule has 0 heterocycles. The second-order valence-corrected chi connectivity index (χ2v) is 27.2. The highest BCUT2D eigenvalue weighted by atomic mass is 16.5. The molecule has 0 aromatic heterocycles. The van der Waals surface area contributed by atoms with Crippen molar-refractivity contribution in [3.63, 3.8) is 0 Å². The zero-order chi connectivity index (χ0) is 70.6. The first-order valence-electron chi connectivity index (χ1n) is 37.2. The zero-order valence-electron chi connectivity index (χ0n) is 60.1. The molecule has 0 bridgehead atoms. The molecule has 0 amide bonds. The van der Waals surface area contributed by atoms with Crippen LogP contribution in [0.1, 0.15) is 176 Å². The van der Waals surface area contributed by atoms with Crippen LogP contribution in [0.4, 0.5) is 22.7 Å². The highest BCUT2D eigenvalue weighted by Gasteiger charge is 2.25. The van der Waals surface area contributed by atoms with Gasteiger partial charge in [-0.05, 0) is 251 Å². The highest BCUT2D eigenvalue weighted by Crippen LogP contribution is 2.49. The molecule has 12 aromatic rings. The van der Waals surface area contributed by atoms with Crippen molar-refractivity contribution in [2.75, 3.05) is 0 Å². The normalized spacial score (nSPS) is 12.3. The molecule has 0 aliphatic carbocycles. The van der Waals surface area contributed by atoms with E-state index in [9.17, 15) is 9.59 Å². The summed E-state index contributed by atoms with van der Waals surface area (Å²) in [5.41, 5.74) is 11.4. The fraction of sp³-hybridized carbons (Fsp3) is 0.283. The fourth-order valence-corrected chi connectivity index (χ4v) is 13.5. The minimum Gasteiger partial charge on any atom is -0.491 e. The number of ether oxygens (including phenoxy) is 4. The Balaban J connectivity index is 0.889. The Morgan fingerprint density at radius 1 is 0.314 bits per heavy atom. The van der Waals surface area contributed by atoms with Crippen LogP contribution < -0.4 is 18.9 Å². The molecular weight excluding hydrogens is 1260 g/mol. The molecule has 0 radical (unpaired) electrons. The lowest BCUT2D eigenvalue weighted by Crippen LogP contribution is -2.11. The molecule has 0 saturated heterocycles. The molecule has 0 unspecified atom stereocenters. The van der Waals surface area contributed by atoms with Crippen LogP contribution in [0.25, 0.3) is 76.5 Å². The number of benzene rings is 12. The van der Waals surface area contributed by atoms with Gasteiger partial charge < -0.3 is 18.9 Å². The maximum absolute atomic E-state index is 14.9. The number of hydrogen-bond donors (Lipinski definition) is 0. The van der Waals surface area contributed by atoms with E-state index in [2.05, 4.69) is 135 Å². The van der Waals surface area contributed by atoms with Gasteiger partial charge in [0.15, 0.2) is 0 Å². The van der Waals surface area contributed by atoms with Crippen molar-refractivity contribution in [3.8, 4) is 56.4 Å². The highest BCUT2D eigenvalue weighted by molar-refractivity contribution is 6.20. The standard InChI is InChI=1S/C92H94N4O6/c1-7-11-15-17-19-21-63(5)99-79-51-55-81-73(61-79)41-53-85-83(81)57-59-87(101-91(97)71-33-29-67(30-34-71)69-37-47-77(48-38-69)95-93-75-43-25-65(26-44-75)23-13-9-3)89(85)90-86-54-42-74-62-80(100-64(6)22-20-18-16-12-8-2)52-56-82(74)84(86)58-60-88(90)102-92(98)72-35-31-68(32-36-72)70-39-49-78(50-40-70)96-94-76-45-27-66(28-46-76)24-14-10-4/h25-64H,7-24H2,1-6H3/t63-,64+. The van der Waals surface area contributed by atoms with E-state index < -0.39 is 11.9 Å². The summed E-state index contributed by atoms with van der Waals surface area (Å²) < 4.78 is 26.6. The first kappa shape index (κ1) is 71.3. The van der Waals surface area contributed by atoms with Crippen molar-refractivity contribution in [2.24, 2.45) is 20.5 Å². The van der Waals surface area contributed by atoms with Gasteiger partial charge in [0.05, 0.1) is 46.1 Å². The van der Waals surface area contributed by atoms with Crippen LogP contribution in [-0.2, 0) is 12.8 Å². The van der Waals surface area contributed by atoms with Crippen molar-refractivity contribution in [2.45, 2.75) is 169 Å². The number of carbonyl (C=O) groups excluding carboxylic acids is 2. The van der Waals surface area contributed by atoms with Crippen LogP contribution in [0, 0.1) is 0 Å². The van der Waals surface area contributed by atoms with E-state index in [1.807, 2.05) is 133 Å². The Morgan fingerprint density at radius 3 is 0.980 bits per heavy atom. The van der Waals surface area contributed by atoms with Crippen LogP contribution in [0.15, 0.2) is 251 Å². The summed E-state index contributed by atoms with van der Waals surface area (Å²) in [5, 5.41) is 25.4. The Morgan fingerprint density at radius 2 is 0.627 bits per heavy atom. The average molecular weight is 1350 g/mol. The number of azo groups is 2. The SMILES string of the molecule is CCCCCCC[C@@H](C)Oc1ccc2c(ccc3c(-c4c(OC(=O)c5ccc(-c6ccc(N=Nc7ccc(CCCC)cc7)cc6)cc5)ccc5c4ccc4cc(O[C@@H](C)CCCCCCC)ccc45)c(OC(=O)c4ccc(-c5ccc(N=Nc6ccc(CCCC)cc6)cc5)cc4)ccc32)c1. The lowest BCUT2D eigenvalue weighted by Gasteiger charge is -2.20. The predicted octanol–water partition coefficient (Wildman–Crippen LogP) is 27.5. The van der Waals surface area contributed by atoms with Gasteiger partial charge in [-0.2, -0.15) is 20.5 Å². The lowest BCUT2D eigenvalue weighted by atomic mass is 9.89. The van der Waals surface area contributed by atoms with E-state index in [4.69, 9.17) is 18.9 Å². The largest absolute Gasteiger partial charge is 0.491 e. The number of esters is 2. The van der Waals surface area contributed by atoms with E-state index in [0.29, 0.717) is 33.8 Å². The van der Waals surface area contributed by atoms with Crippen molar-refractivity contribution in [1.29, 1.82) is 0 Å². The zero-order valence-corrected chi connectivity index (χ0v) is 60.1. The van der Waals surface area contributed by atoms with Gasteiger partial charge in [-0.3, -0.25) is 0 Å². The number of nitrogens with zero attached hydrogens (tertiary/aromatic N) is 4. The maximum Gasteiger partial charge on any atom is 0.343 e. The first-order valence-corrected chi connectivity index (χ1v) is 37.2. The molecule has 102 heavy (non-hydrogen) atoms. The Hall–Kier alpha value is -10.6. The lowest BCUT2D eigenvalue weighted by molar-refractivity contribution is 0.0723. The molecule has 518 valence electrons. The third-order valence-corrected chi connectivity index (χ3v) is 19.4. The van der Waals surface area contributed by atoms with Crippen LogP contribution in [0.3, 0.4) is 0 Å². The van der Waals surface area contributed by atoms with Crippen LogP contribution >= 0.6 is 0 Å². The van der Waals surface area contributed by atoms with Gasteiger partial charge in [0.25, 0.3) is 0 Å². The van der Waals surface area contributed by atoms with Gasteiger partial charge in [-0.15, -0.1) is 0 Å². The van der Waals surface area contributed by atoms with Crippen molar-refractivity contribution < 1.29 is 28.5 Å². The van der Waals surface area contributed by atoms with Gasteiger partial charge in [0.2, 0.25) is 0 Å². The molecule has 0 spiro atoms. The Bertz CT molecular complexity index is 4540. The number of fused-ring (bicyclic) bond motifs is 6. The van der Waals surface area contributed by atoms with E-state index in [-0.39, 0.29) is 12.2 Å². The Labute approximate surface area is 601 Å². The van der Waals surface area contributed by atoms with Gasteiger partial charge >= 0.3 is 11.9 Å². The van der Waals surface area contributed by atoms with Gasteiger partial charge in [0, 0.05) is 11.1 Å². The first-order chi connectivity index (χ1) is 50.0. The quantitative estimate of drug-likeness (QED) is 0.0133. The van der Waals surface area contributed by atoms with E-state index >= 15 is 0 Å². The van der Waals surface area contributed by atoms with Crippen molar-refractivity contribution in [3.05, 3.63) is 253 Å². The molecule has 12 aromatic carbocycles. The van der Waals surface area contributed by atoms with Crippen LogP contribution in [0.2, 0.25) is 0 Å². The predicted molar refractivity (Wildman–Crippen MR) is 421 cm³/mol. The molecule has 0 aliphatic rings. The number of hydrogen-bond acceptors (Lipinski definition) is 10. The third kappa shape index (κ3) is 18.3. The monoisotopic (exact) mass is 1350 g/mol. The van der Waals surface area contributed by atoms with E-state index in [1.165, 1.54) is 62.5 Å². The van der Waals surface area contributed by atoms with E-state index in [1.54, 1.807) is 24.3 Å². The smallest absolute Gasteiger partial charge is 0.343 e. The molecule has 0 fully saturated rings. The molecule has 0 N–H and O–H groups in total. The second kappa shape index (κ2) is 35.1. The Kier molecular flexibility index (Phi) is 24.6. The van der Waals surface area contributed by atoms with Crippen molar-refractivity contribution in [1.82, 2.24) is 0 Å². The molecular formula is C92H94N4O6. The molecule has 10 nitrogen and oxygen atoms in total. The topological polar surface area (TPSA) is 120 Å². The number of carbonyl (C=O) groups is 2. The second-order valence-electron chi connectivity index (χ2n) is 27.2. The minimum absolute atomic E-state index is 0.0587. The average Bonchev–Trinajstić information content (AvgIpc) is 0.731. The summed E-state index contributed by atoms with van der Waals surface area (Å²) in [6.07, 6.45) is 20.9. The summed E-state index contributed by atoms with van der Waals surface area (Å²) in [4.78, 5) is 29.8. The van der Waals surface area contributed by atoms with Gasteiger partial charge in [-0.25, -0.2) is 9.59 Å². The number of aryl methyl sites for hydroxylation is 2. The summed E-state index contributed by atoms with van der Waals surface area (Å²) in [7, 11) is 0. The van der Waals surface area contributed by atoms with Gasteiger partial charge in [0.1, 0.15) is 23.0 Å². The fourth-order valence-electron chi connectivity index (χ4n) is 13.5. The molecule has 10 heteroatoms. The summed E-state index contributed by atoms with van der Waals surface area (Å²) in [5.74, 6) is 1.11. The number of rotatable bonds is 33. The van der Waals surface area contributed by atoms with Crippen molar-refractivity contribution >= 4 is 77.8 Å². The summed E-state index contributed by atoms with van der Waals surface area (Å²) in [6.45, 7) is 13.2. The number of unbranched alkanes of at least 4 members (excludes halogenated alkanes) is 10. The molecule has 12 rings (SSSR count). The maximum atomic E-state index is 14.9. The van der Waals surface area contributed by atoms with Gasteiger partial charge in [-0.1, -0.05) is 213 Å². The molecule has 2 atom stereocenters. The van der Waals surface area contributed by atoms with E-state index in [0.717, 1.165) is 164 Å². The molecule has 0 saturated carbocycles. The minimum atomic E-state index is -0.548.